The minimum atomic E-state index is 0. The van der Waals surface area contributed by atoms with E-state index in [9.17, 15) is 0 Å². The molecule has 0 aromatic heterocycles. The van der Waals surface area contributed by atoms with Crippen LogP contribution in [0.5, 0.6) is 0 Å². The predicted octanol–water partition coefficient (Wildman–Crippen LogP) is -1.91. The van der Waals surface area contributed by atoms with Crippen molar-refractivity contribution < 1.29 is 0 Å². The van der Waals surface area contributed by atoms with Crippen molar-refractivity contribution in [2.24, 2.45) is 0 Å². The molecular formula is H8Ca2Cl2Mg. The smallest absolute Gasteiger partial charge is 0.316 e. The molecule has 0 N–H and O–H groups in total. The van der Waals surface area contributed by atoms with E-state index < -0.39 is 0 Å². The summed E-state index contributed by atoms with van der Waals surface area (Å²) in [5.41, 5.74) is 0. The maximum absolute atomic E-state index is 0. The summed E-state index contributed by atoms with van der Waals surface area (Å²) in [6.45, 7) is 0. The zero-order valence-electron chi connectivity index (χ0n) is 0.816. The third-order valence-corrected chi connectivity index (χ3v) is 0. The van der Waals surface area contributed by atoms with Crippen molar-refractivity contribution in [2.75, 3.05) is 0 Å². The molecule has 0 rings (SSSR count). The first kappa shape index (κ1) is 36.7. The molecule has 0 nitrogen and oxygen atoms in total. The van der Waals surface area contributed by atoms with Crippen LogP contribution in [0, 0.1) is 0 Å². The minimum absolute atomic E-state index is 0. The second-order valence-corrected chi connectivity index (χ2v) is 0. The quantitative estimate of drug-likeness (QED) is 0.385. The fraction of sp³-hybridized carbons (Fsp3) is 0. The van der Waals surface area contributed by atoms with Gasteiger partial charge in [0.25, 0.3) is 0 Å². The molecule has 5 heteroatoms. The normalized spacial score (nSPS) is 0. The molecule has 0 heterocycles. The van der Waals surface area contributed by atoms with Crippen LogP contribution < -0.4 is 0 Å². The summed E-state index contributed by atoms with van der Waals surface area (Å²) in [6, 6.07) is 0. The average Bonchev–Trinajstić information content (AvgIpc) is 0. The predicted molar refractivity (Wildman–Crippen MR) is 40.1 cm³/mol. The van der Waals surface area contributed by atoms with Crippen LogP contribution in [-0.4, -0.2) is 98.5 Å². The molecule has 0 spiro atoms. The summed E-state index contributed by atoms with van der Waals surface area (Å²) in [6.07, 6.45) is 0. The van der Waals surface area contributed by atoms with Gasteiger partial charge in [-0.05, 0) is 0 Å². The Morgan fingerprint density at radius 2 is 0.600 bits per heavy atom. The Bertz CT molecular complexity index is 7.61. The van der Waals surface area contributed by atoms with Crippen molar-refractivity contribution in [3.8, 4) is 0 Å². The van der Waals surface area contributed by atoms with Gasteiger partial charge >= 0.3 is 98.5 Å². The van der Waals surface area contributed by atoms with Gasteiger partial charge in [0.2, 0.25) is 0 Å². The van der Waals surface area contributed by atoms with E-state index in [0.717, 1.165) is 0 Å². The van der Waals surface area contributed by atoms with Gasteiger partial charge in [-0.2, -0.15) is 0 Å². The van der Waals surface area contributed by atoms with Gasteiger partial charge in [-0.3, -0.25) is 0 Å². The van der Waals surface area contributed by atoms with Crippen molar-refractivity contribution in [3.05, 3.63) is 0 Å². The average molecular weight is 183 g/mol. The van der Waals surface area contributed by atoms with Crippen molar-refractivity contribution >= 4 is 123 Å². The third kappa shape index (κ3) is 18.1. The first-order valence-electron chi connectivity index (χ1n) is 0. The molecule has 0 aliphatic carbocycles. The second kappa shape index (κ2) is 24.8. The molecule has 0 amide bonds. The fourth-order valence-corrected chi connectivity index (χ4v) is 0. The van der Waals surface area contributed by atoms with E-state index in [0.29, 0.717) is 0 Å². The van der Waals surface area contributed by atoms with Crippen molar-refractivity contribution in [1.82, 2.24) is 0 Å². The van der Waals surface area contributed by atoms with Crippen LogP contribution in [0.3, 0.4) is 0 Å². The molecule has 0 saturated heterocycles. The fourth-order valence-electron chi connectivity index (χ4n) is 0. The summed E-state index contributed by atoms with van der Waals surface area (Å²) in [5, 5.41) is 0. The zero-order valence-corrected chi connectivity index (χ0v) is 2.45. The van der Waals surface area contributed by atoms with Crippen LogP contribution in [-0.2, 0) is 0 Å². The van der Waals surface area contributed by atoms with Crippen LogP contribution in [0.2, 0.25) is 0 Å². The summed E-state index contributed by atoms with van der Waals surface area (Å²) < 4.78 is 0. The van der Waals surface area contributed by atoms with Crippen molar-refractivity contribution in [2.45, 2.75) is 0 Å². The maximum atomic E-state index is 0. The van der Waals surface area contributed by atoms with Crippen LogP contribution in [0.25, 0.3) is 0 Å². The molecule has 0 aliphatic heterocycles. The first-order valence-corrected chi connectivity index (χ1v) is 0. The van der Waals surface area contributed by atoms with Crippen LogP contribution in [0.4, 0.5) is 0 Å². The molecule has 0 radical (unpaired) electrons. The number of hydrogen-bond donors (Lipinski definition) is 0. The molecule has 0 atom stereocenters. The Kier molecular flexibility index (Phi) is 182. The largest absolute Gasteiger partial charge is 0.316 e. The van der Waals surface area contributed by atoms with Gasteiger partial charge in [0.05, 0.1) is 0 Å². The summed E-state index contributed by atoms with van der Waals surface area (Å²) in [4.78, 5) is 0. The van der Waals surface area contributed by atoms with Gasteiger partial charge in [-0.25, -0.2) is 0 Å². The first-order chi connectivity index (χ1) is 0. The molecule has 0 aliphatic rings. The standard InChI is InChI=1S/2Ca.2ClH.Mg.6H/h;;2*1H;;;;;;;. The van der Waals surface area contributed by atoms with E-state index in [1.807, 2.05) is 0 Å². The summed E-state index contributed by atoms with van der Waals surface area (Å²) in [5.74, 6) is 0. The zero-order chi connectivity index (χ0) is 0. The van der Waals surface area contributed by atoms with Crippen LogP contribution in [0.15, 0.2) is 0 Å². The second-order valence-electron chi connectivity index (χ2n) is 0. The van der Waals surface area contributed by atoms with E-state index in [2.05, 4.69) is 0 Å². The molecule has 0 bridgehead atoms. The van der Waals surface area contributed by atoms with Gasteiger partial charge in [-0.15, -0.1) is 24.8 Å². The van der Waals surface area contributed by atoms with Gasteiger partial charge in [-0.1, -0.05) is 0 Å². The van der Waals surface area contributed by atoms with E-state index in [-0.39, 0.29) is 123 Å². The molecule has 0 unspecified atom stereocenters. The van der Waals surface area contributed by atoms with Crippen molar-refractivity contribution in [3.63, 3.8) is 0 Å². The minimum Gasteiger partial charge on any atom is 0.316 e. The Morgan fingerprint density at radius 1 is 0.600 bits per heavy atom. The number of halogens is 2. The molecule has 5 heavy (non-hydrogen) atoms. The van der Waals surface area contributed by atoms with Gasteiger partial charge in [0.15, 0.2) is 0 Å². The SMILES string of the molecule is Cl.Cl.[CaH2].[CaH2].[MgH2]. The molecule has 0 aromatic rings. The Balaban J connectivity index is 0. The number of hydrogen-bond acceptors (Lipinski definition) is 0. The molecule has 0 aromatic carbocycles. The molecule has 28 valence electrons. The van der Waals surface area contributed by atoms with Gasteiger partial charge in [0, 0.05) is 0 Å². The Labute approximate surface area is 120 Å². The van der Waals surface area contributed by atoms with Crippen LogP contribution >= 0.6 is 24.8 Å². The monoisotopic (exact) mass is 182 g/mol. The van der Waals surface area contributed by atoms with Crippen LogP contribution in [0.1, 0.15) is 0 Å². The Hall–Kier alpha value is 3.87. The Morgan fingerprint density at radius 3 is 0.600 bits per heavy atom. The van der Waals surface area contributed by atoms with Gasteiger partial charge in [0.1, 0.15) is 0 Å². The van der Waals surface area contributed by atoms with Crippen molar-refractivity contribution in [1.29, 1.82) is 0 Å². The van der Waals surface area contributed by atoms with E-state index >= 15 is 0 Å². The topological polar surface area (TPSA) is 0 Å². The molecule has 0 fully saturated rings. The van der Waals surface area contributed by atoms with E-state index in [4.69, 9.17) is 0 Å². The molecular weight excluding hydrogens is 175 g/mol. The number of rotatable bonds is 0. The summed E-state index contributed by atoms with van der Waals surface area (Å²) in [7, 11) is 0. The van der Waals surface area contributed by atoms with E-state index in [1.54, 1.807) is 0 Å². The summed E-state index contributed by atoms with van der Waals surface area (Å²) >= 11 is 0. The molecule has 0 saturated carbocycles. The third-order valence-electron chi connectivity index (χ3n) is 0. The van der Waals surface area contributed by atoms with Gasteiger partial charge < -0.3 is 0 Å². The van der Waals surface area contributed by atoms with E-state index in [1.165, 1.54) is 0 Å². The maximum Gasteiger partial charge on any atom is 0.316 e.